The Morgan fingerprint density at radius 3 is 1.68 bits per heavy atom. The van der Waals surface area contributed by atoms with Gasteiger partial charge in [-0.2, -0.15) is 0 Å². The number of carboxylic acids is 1. The molecule has 11 nitrogen and oxygen atoms in total. The summed E-state index contributed by atoms with van der Waals surface area (Å²) in [5.74, 6) is -2.61. The zero-order valence-electron chi connectivity index (χ0n) is 38.2. The fourth-order valence-electron chi connectivity index (χ4n) is 9.54. The Balaban J connectivity index is 1.08. The summed E-state index contributed by atoms with van der Waals surface area (Å²) in [4.78, 5) is 60.7. The van der Waals surface area contributed by atoms with Crippen LogP contribution in [-0.2, 0) is 30.4 Å². The first-order chi connectivity index (χ1) is 34.7. The molecule has 14 heteroatoms. The number of oxime groups is 1. The Kier molecular flexibility index (Phi) is 13.3. The van der Waals surface area contributed by atoms with E-state index < -0.39 is 41.0 Å². The molecule has 1 fully saturated rings. The molecule has 0 saturated carbocycles. The number of anilines is 1. The molecule has 2 atom stereocenters. The topological polar surface area (TPSA) is 146 Å². The van der Waals surface area contributed by atoms with Crippen LogP contribution in [0, 0.1) is 6.92 Å². The minimum Gasteiger partial charge on any atom is -0.477 e. The molecule has 0 bridgehead atoms. The van der Waals surface area contributed by atoms with E-state index in [2.05, 4.69) is 15.6 Å². The highest BCUT2D eigenvalue weighted by molar-refractivity contribution is 7.20. The van der Waals surface area contributed by atoms with Gasteiger partial charge in [-0.3, -0.25) is 14.5 Å². The number of carbonyl (C=O) groups excluding carboxylic acids is 2. The number of nitrogens with one attached hydrogen (secondary N) is 2. The molecule has 4 heterocycles. The summed E-state index contributed by atoms with van der Waals surface area (Å²) in [6, 6.07) is 57.1. The lowest BCUT2D eigenvalue weighted by atomic mass is 9.77. The van der Waals surface area contributed by atoms with Gasteiger partial charge in [0.05, 0.1) is 17.2 Å². The van der Waals surface area contributed by atoms with Gasteiger partial charge in [0.25, 0.3) is 11.8 Å². The highest BCUT2D eigenvalue weighted by atomic mass is 35.5. The van der Waals surface area contributed by atoms with Crippen molar-refractivity contribution >= 4 is 69.0 Å². The summed E-state index contributed by atoms with van der Waals surface area (Å²) in [5, 5.41) is 22.3. The SMILES string of the molecule is Cc1ncsc1C=CC1=C(C(=O)O)N2C(=O)C(NC(=O)C(=NOC(c3ccccc3)(c3ccccc3)c3ccccc3)c3nc(NC(c4ccccc4)(c4ccccc4)c4ccccc4)sc3Cl)C2CC1. The number of β-lactam (4-membered cyclic amide) rings is 1. The molecule has 352 valence electrons. The molecule has 2 aromatic heterocycles. The van der Waals surface area contributed by atoms with Gasteiger partial charge in [-0.1, -0.05) is 216 Å². The van der Waals surface area contributed by atoms with Crippen LogP contribution < -0.4 is 10.6 Å². The first-order valence-corrected chi connectivity index (χ1v) is 25.0. The van der Waals surface area contributed by atoms with Gasteiger partial charge in [0.15, 0.2) is 10.8 Å². The summed E-state index contributed by atoms with van der Waals surface area (Å²) in [5.41, 5.74) is 5.17. The van der Waals surface area contributed by atoms with Crippen LogP contribution in [0.5, 0.6) is 0 Å². The Morgan fingerprint density at radius 2 is 1.23 bits per heavy atom. The van der Waals surface area contributed by atoms with Gasteiger partial charge < -0.3 is 20.6 Å². The molecule has 1 saturated heterocycles. The normalized spacial score (nSPS) is 16.1. The first kappa shape index (κ1) is 46.7. The van der Waals surface area contributed by atoms with E-state index in [0.717, 1.165) is 55.3 Å². The van der Waals surface area contributed by atoms with Gasteiger partial charge >= 0.3 is 5.97 Å². The number of benzene rings is 6. The van der Waals surface area contributed by atoms with Crippen LogP contribution in [0.25, 0.3) is 6.08 Å². The smallest absolute Gasteiger partial charge is 0.352 e. The van der Waals surface area contributed by atoms with E-state index in [1.54, 1.807) is 11.6 Å². The van der Waals surface area contributed by atoms with Crippen molar-refractivity contribution < 1.29 is 24.3 Å². The van der Waals surface area contributed by atoms with E-state index in [1.165, 1.54) is 16.2 Å². The molecular weight excluding hydrogens is 948 g/mol. The van der Waals surface area contributed by atoms with Gasteiger partial charge in [0.1, 0.15) is 27.3 Å². The second kappa shape index (κ2) is 20.2. The first-order valence-electron chi connectivity index (χ1n) is 22.9. The van der Waals surface area contributed by atoms with E-state index in [9.17, 15) is 14.7 Å². The van der Waals surface area contributed by atoms with E-state index >= 15 is 4.79 Å². The molecule has 2 unspecified atom stereocenters. The summed E-state index contributed by atoms with van der Waals surface area (Å²) in [7, 11) is 0. The quantitative estimate of drug-likeness (QED) is 0.0375. The zero-order valence-corrected chi connectivity index (χ0v) is 40.6. The highest BCUT2D eigenvalue weighted by Crippen LogP contribution is 2.44. The fraction of sp³-hybridized carbons (Fsp3) is 0.123. The molecule has 10 rings (SSSR count). The van der Waals surface area contributed by atoms with Crippen LogP contribution in [0.3, 0.4) is 0 Å². The lowest BCUT2D eigenvalue weighted by Gasteiger charge is -2.50. The molecule has 3 N–H and O–H groups in total. The summed E-state index contributed by atoms with van der Waals surface area (Å²) >= 11 is 9.83. The highest BCUT2D eigenvalue weighted by Gasteiger charge is 2.54. The van der Waals surface area contributed by atoms with Crippen molar-refractivity contribution in [2.75, 3.05) is 5.32 Å². The van der Waals surface area contributed by atoms with E-state index in [0.29, 0.717) is 23.5 Å². The Bertz CT molecular complexity index is 3100. The number of amides is 2. The predicted molar refractivity (Wildman–Crippen MR) is 279 cm³/mol. The monoisotopic (exact) mass is 992 g/mol. The minimum atomic E-state index is -1.41. The molecule has 0 spiro atoms. The molecule has 2 amide bonds. The van der Waals surface area contributed by atoms with Gasteiger partial charge in [-0.15, -0.1) is 11.3 Å². The molecule has 6 aromatic carbocycles. The van der Waals surface area contributed by atoms with Gasteiger partial charge in [-0.25, -0.2) is 14.8 Å². The van der Waals surface area contributed by atoms with Crippen molar-refractivity contribution in [2.45, 2.75) is 43.0 Å². The Hall–Kier alpha value is -7.97. The van der Waals surface area contributed by atoms with Crippen molar-refractivity contribution in [1.82, 2.24) is 20.2 Å². The fourth-order valence-corrected chi connectivity index (χ4v) is 11.3. The lowest BCUT2D eigenvalue weighted by Crippen LogP contribution is -2.72. The molecule has 8 aromatic rings. The number of rotatable bonds is 16. The number of aromatic nitrogens is 2. The second-order valence-corrected chi connectivity index (χ2v) is 19.5. The lowest BCUT2D eigenvalue weighted by molar-refractivity contribution is -0.155. The maximum Gasteiger partial charge on any atom is 0.352 e. The number of hydrogen-bond acceptors (Lipinski definition) is 10. The van der Waals surface area contributed by atoms with Gasteiger partial charge in [-0.05, 0) is 48.1 Å². The molecule has 0 aliphatic carbocycles. The Labute approximate surface area is 423 Å². The molecule has 2 aliphatic rings. The maximum atomic E-state index is 15.2. The van der Waals surface area contributed by atoms with E-state index in [4.69, 9.17) is 26.6 Å². The van der Waals surface area contributed by atoms with Crippen molar-refractivity contribution in [1.29, 1.82) is 0 Å². The number of aliphatic carboxylic acids is 1. The zero-order chi connectivity index (χ0) is 49.0. The van der Waals surface area contributed by atoms with Crippen LogP contribution in [0.15, 0.2) is 210 Å². The van der Waals surface area contributed by atoms with Crippen molar-refractivity contribution in [3.63, 3.8) is 0 Å². The number of thiazole rings is 2. The summed E-state index contributed by atoms with van der Waals surface area (Å²) in [6.07, 6.45) is 4.30. The minimum absolute atomic E-state index is 0.00649. The van der Waals surface area contributed by atoms with Crippen LogP contribution in [-0.4, -0.2) is 55.6 Å². The molecule has 0 radical (unpaired) electrons. The number of aryl methyl sites for hydroxylation is 1. The number of carbonyl (C=O) groups is 3. The number of hydrogen-bond donors (Lipinski definition) is 3. The van der Waals surface area contributed by atoms with E-state index in [1.807, 2.05) is 195 Å². The Morgan fingerprint density at radius 1 is 0.746 bits per heavy atom. The summed E-state index contributed by atoms with van der Waals surface area (Å²) < 4.78 is 0.126. The van der Waals surface area contributed by atoms with Crippen LogP contribution in [0.1, 0.15) is 62.5 Å². The molecule has 2 aliphatic heterocycles. The van der Waals surface area contributed by atoms with Crippen LogP contribution >= 0.6 is 34.3 Å². The van der Waals surface area contributed by atoms with Crippen LogP contribution in [0.4, 0.5) is 5.13 Å². The number of halogens is 1. The maximum absolute atomic E-state index is 15.2. The van der Waals surface area contributed by atoms with E-state index in [-0.39, 0.29) is 21.4 Å². The average Bonchev–Trinajstić information content (AvgIpc) is 4.01. The van der Waals surface area contributed by atoms with Crippen LogP contribution in [0.2, 0.25) is 4.34 Å². The third kappa shape index (κ3) is 8.84. The number of allylic oxidation sites excluding steroid dienone is 2. The average molecular weight is 994 g/mol. The number of fused-ring (bicyclic) bond motifs is 1. The third-order valence-electron chi connectivity index (χ3n) is 12.9. The number of carboxylic acid groups (broad SMARTS) is 1. The van der Waals surface area contributed by atoms with Crippen molar-refractivity contribution in [3.05, 3.63) is 259 Å². The van der Waals surface area contributed by atoms with Crippen molar-refractivity contribution in [3.8, 4) is 0 Å². The number of nitrogens with zero attached hydrogens (tertiary/aromatic N) is 4. The largest absolute Gasteiger partial charge is 0.477 e. The summed E-state index contributed by atoms with van der Waals surface area (Å²) in [6.45, 7) is 1.88. The van der Waals surface area contributed by atoms with Gasteiger partial charge in [0.2, 0.25) is 5.60 Å². The standard InChI is InChI=1S/C57H45ClN6O5S2/c1-37-46(70-36-59-37)35-33-38-32-34-45-47(53(66)64(45)50(38)54(67)68)60-52(65)49(63-69-57(42-26-14-5-15-27-42,43-28-16-6-17-29-43)44-30-18-7-19-31-44)48-51(58)71-55(61-48)62-56(39-20-8-2-9-21-39,40-22-10-3-11-23-40)41-24-12-4-13-25-41/h2-31,33,35-36,45,47H,32,34H2,1H3,(H,60,65)(H,61,62)(H,67,68). The molecule has 71 heavy (non-hydrogen) atoms. The third-order valence-corrected chi connectivity index (χ3v) is 15.0. The predicted octanol–water partition coefficient (Wildman–Crippen LogP) is 11.2. The second-order valence-electron chi connectivity index (χ2n) is 17.0. The molecular formula is C57H45ClN6O5S2. The van der Waals surface area contributed by atoms with Gasteiger partial charge in [0, 0.05) is 21.6 Å². The van der Waals surface area contributed by atoms with Crippen molar-refractivity contribution in [2.24, 2.45) is 5.16 Å².